The van der Waals surface area contributed by atoms with Gasteiger partial charge in [0.15, 0.2) is 0 Å². The zero-order valence-corrected chi connectivity index (χ0v) is 16.1. The number of nitrogens with zero attached hydrogens (tertiary/aromatic N) is 1. The van der Waals surface area contributed by atoms with Crippen LogP contribution in [-0.2, 0) is 4.74 Å². The van der Waals surface area contributed by atoms with Crippen molar-refractivity contribution in [1.29, 1.82) is 0 Å². The minimum absolute atomic E-state index is 0.0263. The molecule has 144 valence electrons. The molecule has 1 aromatic carbocycles. The van der Waals surface area contributed by atoms with Crippen LogP contribution in [0.1, 0.15) is 51.9 Å². The van der Waals surface area contributed by atoms with Crippen molar-refractivity contribution >= 4 is 17.7 Å². The van der Waals surface area contributed by atoms with Gasteiger partial charge in [0.25, 0.3) is 11.6 Å². The largest absolute Gasteiger partial charge is 0.444 e. The third kappa shape index (κ3) is 6.02. The minimum Gasteiger partial charge on any atom is -0.444 e. The number of nitro benzene ring substituents is 1. The SMILES string of the molecule is CC(C)C(C)(CNC(=O)OC(C)(C)C)NC(=O)c1ccccc1[N+](=O)[O-]. The number of nitrogens with one attached hydrogen (secondary N) is 2. The van der Waals surface area contributed by atoms with Crippen molar-refractivity contribution in [3.05, 3.63) is 39.9 Å². The fraction of sp³-hybridized carbons (Fsp3) is 0.556. The average Bonchev–Trinajstić information content (AvgIpc) is 2.51. The quantitative estimate of drug-likeness (QED) is 0.594. The van der Waals surface area contributed by atoms with Crippen LogP contribution in [0.3, 0.4) is 0 Å². The number of para-hydroxylation sites is 1. The van der Waals surface area contributed by atoms with Crippen molar-refractivity contribution in [3.63, 3.8) is 0 Å². The lowest BCUT2D eigenvalue weighted by Crippen LogP contribution is -2.57. The van der Waals surface area contributed by atoms with Crippen molar-refractivity contribution in [2.24, 2.45) is 5.92 Å². The average molecular weight is 365 g/mol. The van der Waals surface area contributed by atoms with Gasteiger partial charge < -0.3 is 15.4 Å². The summed E-state index contributed by atoms with van der Waals surface area (Å²) in [4.78, 5) is 35.0. The summed E-state index contributed by atoms with van der Waals surface area (Å²) in [6, 6.07) is 5.74. The summed E-state index contributed by atoms with van der Waals surface area (Å²) in [5.74, 6) is -0.622. The van der Waals surface area contributed by atoms with Gasteiger partial charge in [-0.2, -0.15) is 0 Å². The van der Waals surface area contributed by atoms with Gasteiger partial charge in [0.1, 0.15) is 11.2 Å². The van der Waals surface area contributed by atoms with E-state index < -0.39 is 28.1 Å². The number of nitro groups is 1. The zero-order valence-electron chi connectivity index (χ0n) is 16.1. The van der Waals surface area contributed by atoms with Crippen LogP contribution in [-0.4, -0.2) is 34.6 Å². The Morgan fingerprint density at radius 2 is 1.77 bits per heavy atom. The van der Waals surface area contributed by atoms with Gasteiger partial charge in [-0.05, 0) is 39.7 Å². The van der Waals surface area contributed by atoms with Crippen LogP contribution >= 0.6 is 0 Å². The van der Waals surface area contributed by atoms with Gasteiger partial charge in [0, 0.05) is 12.6 Å². The first-order chi connectivity index (χ1) is 11.9. The number of alkyl carbamates (subject to hydrolysis) is 1. The van der Waals surface area contributed by atoms with Crippen LogP contribution in [0.4, 0.5) is 10.5 Å². The summed E-state index contributed by atoms with van der Waals surface area (Å²) in [5.41, 5.74) is -1.75. The molecule has 1 aromatic rings. The molecule has 8 heteroatoms. The standard InChI is InChI=1S/C18H27N3O5/c1-12(2)18(6,11-19-16(23)26-17(3,4)5)20-15(22)13-9-7-8-10-14(13)21(24)25/h7-10,12H,11H2,1-6H3,(H,19,23)(H,20,22). The molecule has 0 aliphatic carbocycles. The normalized spacial score (nSPS) is 13.7. The first kappa shape index (κ1) is 21.4. The molecule has 0 aromatic heterocycles. The zero-order chi connectivity index (χ0) is 20.1. The van der Waals surface area contributed by atoms with Gasteiger partial charge in [-0.1, -0.05) is 26.0 Å². The summed E-state index contributed by atoms with van der Waals surface area (Å²) in [6.07, 6.45) is -0.593. The number of amides is 2. The Bertz CT molecular complexity index is 682. The lowest BCUT2D eigenvalue weighted by atomic mass is 9.88. The van der Waals surface area contributed by atoms with E-state index in [-0.39, 0.29) is 23.7 Å². The predicted molar refractivity (Wildman–Crippen MR) is 98.0 cm³/mol. The molecule has 0 aliphatic heterocycles. The number of ether oxygens (including phenoxy) is 1. The number of carbonyl (C=O) groups is 2. The maximum Gasteiger partial charge on any atom is 0.407 e. The van der Waals surface area contributed by atoms with E-state index in [0.717, 1.165) is 0 Å². The number of hydrogen-bond donors (Lipinski definition) is 2. The Morgan fingerprint density at radius 3 is 2.27 bits per heavy atom. The van der Waals surface area contributed by atoms with Crippen molar-refractivity contribution in [2.45, 2.75) is 52.7 Å². The topological polar surface area (TPSA) is 111 Å². The number of hydrogen-bond acceptors (Lipinski definition) is 5. The first-order valence-electron chi connectivity index (χ1n) is 8.38. The number of rotatable bonds is 6. The maximum absolute atomic E-state index is 12.6. The molecule has 0 fully saturated rings. The van der Waals surface area contributed by atoms with Gasteiger partial charge in [0.2, 0.25) is 0 Å². The van der Waals surface area contributed by atoms with E-state index in [1.165, 1.54) is 18.2 Å². The second kappa shape index (κ2) is 8.16. The summed E-state index contributed by atoms with van der Waals surface area (Å²) in [6.45, 7) is 10.9. The second-order valence-electron chi connectivity index (χ2n) is 7.66. The molecule has 0 spiro atoms. The van der Waals surface area contributed by atoms with Crippen LogP contribution < -0.4 is 10.6 Å². The summed E-state index contributed by atoms with van der Waals surface area (Å²) in [5, 5.41) is 16.6. The van der Waals surface area contributed by atoms with Gasteiger partial charge >= 0.3 is 6.09 Å². The molecule has 2 amide bonds. The third-order valence-corrected chi connectivity index (χ3v) is 4.02. The molecule has 1 atom stereocenters. The molecule has 26 heavy (non-hydrogen) atoms. The van der Waals surface area contributed by atoms with Crippen LogP contribution in [0.15, 0.2) is 24.3 Å². The first-order valence-corrected chi connectivity index (χ1v) is 8.38. The molecular weight excluding hydrogens is 338 g/mol. The van der Waals surface area contributed by atoms with E-state index in [4.69, 9.17) is 4.74 Å². The fourth-order valence-electron chi connectivity index (χ4n) is 2.11. The Labute approximate surface area is 153 Å². The lowest BCUT2D eigenvalue weighted by Gasteiger charge is -2.35. The summed E-state index contributed by atoms with van der Waals surface area (Å²) in [7, 11) is 0. The van der Waals surface area contributed by atoms with Gasteiger partial charge in [-0.25, -0.2) is 4.79 Å². The van der Waals surface area contributed by atoms with Crippen LogP contribution in [0, 0.1) is 16.0 Å². The molecular formula is C18H27N3O5. The summed E-state index contributed by atoms with van der Waals surface area (Å²) >= 11 is 0. The summed E-state index contributed by atoms with van der Waals surface area (Å²) < 4.78 is 5.20. The Hall–Kier alpha value is -2.64. The number of benzene rings is 1. The van der Waals surface area contributed by atoms with E-state index in [2.05, 4.69) is 10.6 Å². The fourth-order valence-corrected chi connectivity index (χ4v) is 2.11. The highest BCUT2D eigenvalue weighted by atomic mass is 16.6. The van der Waals surface area contributed by atoms with E-state index >= 15 is 0 Å². The molecule has 2 N–H and O–H groups in total. The predicted octanol–water partition coefficient (Wildman–Crippen LogP) is 3.26. The van der Waals surface area contributed by atoms with Gasteiger partial charge in [-0.15, -0.1) is 0 Å². The molecule has 0 heterocycles. The molecule has 0 radical (unpaired) electrons. The third-order valence-electron chi connectivity index (χ3n) is 4.02. The van der Waals surface area contributed by atoms with Crippen molar-refractivity contribution < 1.29 is 19.2 Å². The number of carbonyl (C=O) groups excluding carboxylic acids is 2. The van der Waals surface area contributed by atoms with Crippen molar-refractivity contribution in [3.8, 4) is 0 Å². The Balaban J connectivity index is 2.92. The van der Waals surface area contributed by atoms with Crippen LogP contribution in [0.2, 0.25) is 0 Å². The van der Waals surface area contributed by atoms with Gasteiger partial charge in [0.05, 0.1) is 10.5 Å². The van der Waals surface area contributed by atoms with E-state index in [1.54, 1.807) is 33.8 Å². The van der Waals surface area contributed by atoms with Gasteiger partial charge in [-0.3, -0.25) is 14.9 Å². The van der Waals surface area contributed by atoms with Crippen molar-refractivity contribution in [1.82, 2.24) is 10.6 Å². The minimum atomic E-state index is -0.822. The lowest BCUT2D eigenvalue weighted by molar-refractivity contribution is -0.385. The van der Waals surface area contributed by atoms with E-state index in [1.807, 2.05) is 13.8 Å². The molecule has 0 bridgehead atoms. The highest BCUT2D eigenvalue weighted by Crippen LogP contribution is 2.21. The monoisotopic (exact) mass is 365 g/mol. The Kier molecular flexibility index (Phi) is 6.72. The molecule has 1 rings (SSSR count). The maximum atomic E-state index is 12.6. The highest BCUT2D eigenvalue weighted by Gasteiger charge is 2.33. The van der Waals surface area contributed by atoms with Crippen LogP contribution in [0.5, 0.6) is 0 Å². The second-order valence-corrected chi connectivity index (χ2v) is 7.66. The molecule has 0 saturated heterocycles. The highest BCUT2D eigenvalue weighted by molar-refractivity contribution is 5.98. The molecule has 0 saturated carbocycles. The molecule has 0 aliphatic rings. The smallest absolute Gasteiger partial charge is 0.407 e. The van der Waals surface area contributed by atoms with E-state index in [0.29, 0.717) is 0 Å². The van der Waals surface area contributed by atoms with Crippen molar-refractivity contribution in [2.75, 3.05) is 6.54 Å². The van der Waals surface area contributed by atoms with Crippen LogP contribution in [0.25, 0.3) is 0 Å². The molecule has 8 nitrogen and oxygen atoms in total. The Morgan fingerprint density at radius 1 is 1.19 bits per heavy atom. The van der Waals surface area contributed by atoms with E-state index in [9.17, 15) is 19.7 Å². The molecule has 1 unspecified atom stereocenters.